The zero-order valence-electron chi connectivity index (χ0n) is 21.2. The summed E-state index contributed by atoms with van der Waals surface area (Å²) in [4.78, 5) is 23.5. The molecule has 4 fully saturated rings. The number of hydrogen-bond donors (Lipinski definition) is 1. The van der Waals surface area contributed by atoms with Gasteiger partial charge in [0, 0.05) is 36.9 Å². The first-order chi connectivity index (χ1) is 18.7. The summed E-state index contributed by atoms with van der Waals surface area (Å²) in [6.07, 6.45) is 8.70. The first-order valence-electron chi connectivity index (χ1n) is 13.7. The Morgan fingerprint density at radius 1 is 1.05 bits per heavy atom. The molecule has 2 atom stereocenters. The van der Waals surface area contributed by atoms with Crippen molar-refractivity contribution in [1.82, 2.24) is 30.2 Å². The van der Waals surface area contributed by atoms with E-state index in [4.69, 9.17) is 9.72 Å². The minimum Gasteiger partial charge on any atom is -0.461 e. The molecular weight excluding hydrogens is 501 g/mol. The van der Waals surface area contributed by atoms with E-state index in [1.54, 1.807) is 11.7 Å². The lowest BCUT2D eigenvalue weighted by Crippen LogP contribution is -2.51. The number of benzene rings is 1. The summed E-state index contributed by atoms with van der Waals surface area (Å²) in [5.41, 5.74) is 3.81. The van der Waals surface area contributed by atoms with Gasteiger partial charge < -0.3 is 15.0 Å². The zero-order chi connectivity index (χ0) is 25.3. The average Bonchev–Trinajstić information content (AvgIpc) is 3.71. The number of hydrogen-bond acceptors (Lipinski definition) is 9. The first kappa shape index (κ1) is 23.0. The summed E-state index contributed by atoms with van der Waals surface area (Å²) in [5, 5.41) is 4.31. The van der Waals surface area contributed by atoms with E-state index in [9.17, 15) is 0 Å². The molecule has 0 aliphatic carbocycles. The van der Waals surface area contributed by atoms with Gasteiger partial charge in [0.15, 0.2) is 5.82 Å². The molecule has 0 spiro atoms. The van der Waals surface area contributed by atoms with Gasteiger partial charge in [-0.25, -0.2) is 9.37 Å². The third-order valence-corrected chi connectivity index (χ3v) is 9.85. The van der Waals surface area contributed by atoms with Crippen LogP contribution in [-0.4, -0.2) is 75.2 Å². The number of anilines is 1. The summed E-state index contributed by atoms with van der Waals surface area (Å²) in [6.45, 7) is 4.47. The monoisotopic (exact) mass is 531 g/mol. The second-order valence-electron chi connectivity index (χ2n) is 11.3. The number of para-hydroxylation sites is 1. The molecule has 0 unspecified atom stereocenters. The van der Waals surface area contributed by atoms with Gasteiger partial charge in [0.1, 0.15) is 23.6 Å². The van der Waals surface area contributed by atoms with Gasteiger partial charge in [-0.3, -0.25) is 9.88 Å². The van der Waals surface area contributed by atoms with Gasteiger partial charge in [-0.2, -0.15) is 9.97 Å². The van der Waals surface area contributed by atoms with Crippen molar-refractivity contribution in [1.29, 1.82) is 0 Å². The number of ether oxygens (including phenoxy) is 1. The van der Waals surface area contributed by atoms with Crippen molar-refractivity contribution in [2.24, 2.45) is 0 Å². The van der Waals surface area contributed by atoms with Crippen molar-refractivity contribution in [2.75, 3.05) is 37.7 Å². The fraction of sp³-hybridized carbons (Fsp3) is 0.500. The Kier molecular flexibility index (Phi) is 5.32. The van der Waals surface area contributed by atoms with Crippen LogP contribution in [0.5, 0.6) is 6.01 Å². The Hall–Kier alpha value is -2.95. The maximum Gasteiger partial charge on any atom is 0.319 e. The number of rotatable bonds is 5. The summed E-state index contributed by atoms with van der Waals surface area (Å²) in [5.74, 6) is 0.275. The standard InChI is InChI=1S/C28H30FN7OS/c29-22-24(19-4-1-5-21-23(19)31-16-38-21)30-12-20-25(22)33-27(37-15-28-8-2-10-36(28)11-3-9-28)34-26(20)35-13-17-6-7-18(14-35)32-17/h1,4-5,12,16-18,32H,2-3,6-11,13-15H2/t17-,18+. The van der Waals surface area contributed by atoms with Gasteiger partial charge in [-0.1, -0.05) is 12.1 Å². The van der Waals surface area contributed by atoms with E-state index < -0.39 is 5.82 Å². The Morgan fingerprint density at radius 3 is 2.68 bits per heavy atom. The van der Waals surface area contributed by atoms with Crippen LogP contribution in [0, 0.1) is 5.82 Å². The lowest BCUT2D eigenvalue weighted by Gasteiger charge is -2.34. The highest BCUT2D eigenvalue weighted by molar-refractivity contribution is 7.16. The van der Waals surface area contributed by atoms with E-state index in [1.807, 2.05) is 18.2 Å². The number of nitrogens with zero attached hydrogens (tertiary/aromatic N) is 6. The van der Waals surface area contributed by atoms with Crippen LogP contribution in [0.4, 0.5) is 10.2 Å². The number of pyridine rings is 1. The molecule has 4 saturated heterocycles. The van der Waals surface area contributed by atoms with Crippen molar-refractivity contribution in [2.45, 2.75) is 56.1 Å². The minimum atomic E-state index is -0.448. The molecule has 8 nitrogen and oxygen atoms in total. The molecule has 1 aromatic carbocycles. The summed E-state index contributed by atoms with van der Waals surface area (Å²) in [7, 11) is 0. The fourth-order valence-corrected chi connectivity index (χ4v) is 7.93. The minimum absolute atomic E-state index is 0.0643. The van der Waals surface area contributed by atoms with Gasteiger partial charge in [0.25, 0.3) is 0 Å². The highest BCUT2D eigenvalue weighted by atomic mass is 32.1. The van der Waals surface area contributed by atoms with Gasteiger partial charge in [0.05, 0.1) is 26.7 Å². The van der Waals surface area contributed by atoms with E-state index in [1.165, 1.54) is 24.2 Å². The van der Waals surface area contributed by atoms with E-state index in [0.29, 0.717) is 29.6 Å². The molecule has 4 aliphatic heterocycles. The molecular formula is C28H30FN7OS. The number of piperazine rings is 1. The molecule has 4 aliphatic rings. The number of halogens is 1. The molecule has 3 aromatic heterocycles. The Bertz CT molecular complexity index is 1520. The van der Waals surface area contributed by atoms with Crippen LogP contribution in [0.15, 0.2) is 29.9 Å². The summed E-state index contributed by atoms with van der Waals surface area (Å²) < 4.78 is 23.7. The van der Waals surface area contributed by atoms with E-state index >= 15 is 4.39 Å². The third kappa shape index (κ3) is 3.60. The zero-order valence-corrected chi connectivity index (χ0v) is 22.0. The molecule has 7 heterocycles. The van der Waals surface area contributed by atoms with E-state index in [2.05, 4.69) is 30.1 Å². The maximum absolute atomic E-state index is 16.4. The predicted octanol–water partition coefficient (Wildman–Crippen LogP) is 4.39. The highest BCUT2D eigenvalue weighted by Crippen LogP contribution is 2.40. The first-order valence-corrected chi connectivity index (χ1v) is 14.6. The fourth-order valence-electron chi connectivity index (χ4n) is 7.22. The SMILES string of the molecule is Fc1c(-c2cccc3scnc23)ncc2c(N3C[C@H]4CC[C@@H](C3)N4)nc(OCC34CCCN3CCC4)nc12. The second-order valence-corrected chi connectivity index (χ2v) is 12.2. The quantitative estimate of drug-likeness (QED) is 0.406. The normalized spacial score (nSPS) is 24.5. The van der Waals surface area contributed by atoms with Gasteiger partial charge >= 0.3 is 6.01 Å². The Labute approximate surface area is 224 Å². The molecule has 38 heavy (non-hydrogen) atoms. The number of thiazole rings is 1. The van der Waals surface area contributed by atoms with E-state index in [-0.39, 0.29) is 22.8 Å². The predicted molar refractivity (Wildman–Crippen MR) is 146 cm³/mol. The van der Waals surface area contributed by atoms with Gasteiger partial charge in [-0.15, -0.1) is 11.3 Å². The number of aromatic nitrogens is 4. The molecule has 0 radical (unpaired) electrons. The third-order valence-electron chi connectivity index (χ3n) is 9.06. The van der Waals surface area contributed by atoms with Crippen molar-refractivity contribution >= 4 is 38.3 Å². The Balaban J connectivity index is 1.24. The van der Waals surface area contributed by atoms with Crippen molar-refractivity contribution < 1.29 is 9.13 Å². The summed E-state index contributed by atoms with van der Waals surface area (Å²) in [6, 6.07) is 6.90. The molecule has 2 bridgehead atoms. The average molecular weight is 532 g/mol. The highest BCUT2D eigenvalue weighted by Gasteiger charge is 2.45. The molecule has 8 rings (SSSR count). The number of fused-ring (bicyclic) bond motifs is 5. The molecule has 196 valence electrons. The van der Waals surface area contributed by atoms with Crippen LogP contribution in [0.25, 0.3) is 32.4 Å². The van der Waals surface area contributed by atoms with Crippen LogP contribution in [-0.2, 0) is 0 Å². The topological polar surface area (TPSA) is 79.3 Å². The van der Waals surface area contributed by atoms with Crippen LogP contribution >= 0.6 is 11.3 Å². The van der Waals surface area contributed by atoms with Crippen molar-refractivity contribution in [3.8, 4) is 17.3 Å². The largest absolute Gasteiger partial charge is 0.461 e. The van der Waals surface area contributed by atoms with Crippen LogP contribution in [0.2, 0.25) is 0 Å². The van der Waals surface area contributed by atoms with Crippen LogP contribution in [0.1, 0.15) is 38.5 Å². The lowest BCUT2D eigenvalue weighted by atomic mass is 9.95. The van der Waals surface area contributed by atoms with Crippen molar-refractivity contribution in [3.05, 3.63) is 35.7 Å². The molecule has 1 N–H and O–H groups in total. The molecule has 0 saturated carbocycles. The number of nitrogens with one attached hydrogen (secondary N) is 1. The molecule has 4 aromatic rings. The smallest absolute Gasteiger partial charge is 0.319 e. The van der Waals surface area contributed by atoms with Crippen LogP contribution < -0.4 is 15.0 Å². The Morgan fingerprint density at radius 2 is 1.87 bits per heavy atom. The van der Waals surface area contributed by atoms with Crippen molar-refractivity contribution in [3.63, 3.8) is 0 Å². The summed E-state index contributed by atoms with van der Waals surface area (Å²) >= 11 is 1.54. The molecule has 10 heteroatoms. The second kappa shape index (κ2) is 8.79. The van der Waals surface area contributed by atoms with Crippen LogP contribution in [0.3, 0.4) is 0 Å². The lowest BCUT2D eigenvalue weighted by molar-refractivity contribution is 0.108. The molecule has 0 amide bonds. The maximum atomic E-state index is 16.4. The van der Waals surface area contributed by atoms with Gasteiger partial charge in [0.2, 0.25) is 0 Å². The van der Waals surface area contributed by atoms with Gasteiger partial charge in [-0.05, 0) is 57.7 Å². The van der Waals surface area contributed by atoms with E-state index in [0.717, 1.165) is 67.9 Å².